The zero-order chi connectivity index (χ0) is 16.8. The van der Waals surface area contributed by atoms with Gasteiger partial charge in [-0.3, -0.25) is 0 Å². The fourth-order valence-corrected chi connectivity index (χ4v) is 2.57. The first kappa shape index (κ1) is 16.9. The molecule has 0 radical (unpaired) electrons. The molecule has 2 aromatic rings. The van der Waals surface area contributed by atoms with E-state index in [9.17, 15) is 4.79 Å². The number of imidazole rings is 1. The normalized spacial score (nSPS) is 11.8. The second-order valence-electron chi connectivity index (χ2n) is 5.19. The van der Waals surface area contributed by atoms with Gasteiger partial charge in [0.1, 0.15) is 17.6 Å². The second kappa shape index (κ2) is 7.67. The Hall–Kier alpha value is -2.50. The monoisotopic (exact) mass is 316 g/mol. The van der Waals surface area contributed by atoms with Gasteiger partial charge in [-0.25, -0.2) is 9.78 Å². The third-order valence-electron chi connectivity index (χ3n) is 3.89. The molecule has 6 heteroatoms. The first-order valence-electron chi connectivity index (χ1n) is 7.77. The van der Waals surface area contributed by atoms with Gasteiger partial charge in [0.15, 0.2) is 0 Å². The van der Waals surface area contributed by atoms with E-state index in [0.717, 1.165) is 17.1 Å². The number of urea groups is 1. The highest BCUT2D eigenvalue weighted by atomic mass is 16.5. The molecule has 0 aliphatic heterocycles. The third kappa shape index (κ3) is 3.64. The highest BCUT2D eigenvalue weighted by Crippen LogP contribution is 2.29. The minimum atomic E-state index is -0.376. The van der Waals surface area contributed by atoms with Crippen LogP contribution in [0.1, 0.15) is 31.3 Å². The van der Waals surface area contributed by atoms with Gasteiger partial charge in [-0.05, 0) is 19.9 Å². The zero-order valence-electron chi connectivity index (χ0n) is 14.1. The molecule has 2 rings (SSSR count). The Morgan fingerprint density at radius 1 is 1.35 bits per heavy atom. The Morgan fingerprint density at radius 3 is 2.61 bits per heavy atom. The number of benzene rings is 1. The Labute approximate surface area is 137 Å². The number of aryl methyl sites for hydroxylation is 1. The minimum absolute atomic E-state index is 0.117. The predicted molar refractivity (Wildman–Crippen MR) is 89.5 cm³/mol. The Morgan fingerprint density at radius 2 is 2.04 bits per heavy atom. The van der Waals surface area contributed by atoms with E-state index in [-0.39, 0.29) is 12.1 Å². The van der Waals surface area contributed by atoms with Crippen LogP contribution in [0.25, 0.3) is 0 Å². The molecule has 0 aliphatic rings. The van der Waals surface area contributed by atoms with Gasteiger partial charge in [0, 0.05) is 38.1 Å². The van der Waals surface area contributed by atoms with Crippen molar-refractivity contribution in [1.82, 2.24) is 19.8 Å². The maximum atomic E-state index is 12.5. The fraction of sp³-hybridized carbons (Fsp3) is 0.412. The van der Waals surface area contributed by atoms with E-state index in [1.54, 1.807) is 18.2 Å². The van der Waals surface area contributed by atoms with E-state index < -0.39 is 0 Å². The number of carbonyl (C=O) groups is 1. The molecule has 0 saturated carbocycles. The molecule has 0 saturated heterocycles. The number of amides is 2. The summed E-state index contributed by atoms with van der Waals surface area (Å²) in [5.74, 6) is 1.48. The Kier molecular flexibility index (Phi) is 5.62. The first-order valence-corrected chi connectivity index (χ1v) is 7.77. The number of carbonyl (C=O) groups excluding carboxylic acids is 1. The summed E-state index contributed by atoms with van der Waals surface area (Å²) in [6, 6.07) is 7.17. The van der Waals surface area contributed by atoms with Gasteiger partial charge in [-0.1, -0.05) is 18.2 Å². The number of hydrogen-bond acceptors (Lipinski definition) is 3. The summed E-state index contributed by atoms with van der Waals surface area (Å²) in [5.41, 5.74) is 0.879. The second-order valence-corrected chi connectivity index (χ2v) is 5.19. The minimum Gasteiger partial charge on any atom is -0.496 e. The number of aromatic nitrogens is 2. The molecule has 0 aliphatic carbocycles. The van der Waals surface area contributed by atoms with Crippen LogP contribution >= 0.6 is 0 Å². The maximum Gasteiger partial charge on any atom is 0.318 e. The van der Waals surface area contributed by atoms with Crippen LogP contribution in [0, 0.1) is 0 Å². The van der Waals surface area contributed by atoms with Crippen LogP contribution in [0.2, 0.25) is 0 Å². The van der Waals surface area contributed by atoms with Gasteiger partial charge in [0.2, 0.25) is 0 Å². The van der Waals surface area contributed by atoms with Crippen LogP contribution in [0.5, 0.6) is 5.75 Å². The molecule has 0 bridgehead atoms. The van der Waals surface area contributed by atoms with E-state index in [0.29, 0.717) is 13.1 Å². The Balaban J connectivity index is 2.41. The summed E-state index contributed by atoms with van der Waals surface area (Å²) < 4.78 is 7.36. The standard InChI is InChI=1S/C17H24N4O2/c1-5-21(6-2)17(22)19-15(16-18-11-12-20(16)3)13-9-7-8-10-14(13)23-4/h7-12,15H,5-6H2,1-4H3,(H,19,22)/t15-/m0/s1. The van der Waals surface area contributed by atoms with Gasteiger partial charge in [0.25, 0.3) is 0 Å². The van der Waals surface area contributed by atoms with Crippen molar-refractivity contribution in [1.29, 1.82) is 0 Å². The lowest BCUT2D eigenvalue weighted by Gasteiger charge is -2.25. The van der Waals surface area contributed by atoms with Crippen LogP contribution in [0.15, 0.2) is 36.7 Å². The van der Waals surface area contributed by atoms with Gasteiger partial charge in [-0.2, -0.15) is 0 Å². The number of hydrogen-bond donors (Lipinski definition) is 1. The maximum absolute atomic E-state index is 12.5. The van der Waals surface area contributed by atoms with Crippen LogP contribution < -0.4 is 10.1 Å². The first-order chi connectivity index (χ1) is 11.1. The summed E-state index contributed by atoms with van der Waals surface area (Å²) in [7, 11) is 3.54. The van der Waals surface area contributed by atoms with Crippen molar-refractivity contribution in [2.24, 2.45) is 7.05 Å². The van der Waals surface area contributed by atoms with Crippen LogP contribution in [0.4, 0.5) is 4.79 Å². The SMILES string of the molecule is CCN(CC)C(=O)N[C@@H](c1ccccc1OC)c1nccn1C. The smallest absolute Gasteiger partial charge is 0.318 e. The van der Waals surface area contributed by atoms with Crippen molar-refractivity contribution in [2.45, 2.75) is 19.9 Å². The summed E-state index contributed by atoms with van der Waals surface area (Å²) in [5, 5.41) is 3.08. The van der Waals surface area contributed by atoms with Crippen LogP contribution in [-0.2, 0) is 7.05 Å². The molecule has 1 aromatic carbocycles. The average Bonchev–Trinajstić information content (AvgIpc) is 2.99. The molecule has 0 unspecified atom stereocenters. The summed E-state index contributed by atoms with van der Waals surface area (Å²) in [4.78, 5) is 18.7. The molecule has 0 spiro atoms. The molecular weight excluding hydrogens is 292 g/mol. The van der Waals surface area contributed by atoms with Crippen molar-refractivity contribution in [2.75, 3.05) is 20.2 Å². The lowest BCUT2D eigenvalue weighted by atomic mass is 10.0. The third-order valence-corrected chi connectivity index (χ3v) is 3.89. The molecule has 2 amide bonds. The predicted octanol–water partition coefficient (Wildman–Crippen LogP) is 2.57. The van der Waals surface area contributed by atoms with Gasteiger partial charge < -0.3 is 19.5 Å². The van der Waals surface area contributed by atoms with Crippen molar-refractivity contribution in [3.63, 3.8) is 0 Å². The van der Waals surface area contributed by atoms with Gasteiger partial charge >= 0.3 is 6.03 Å². The zero-order valence-corrected chi connectivity index (χ0v) is 14.1. The summed E-state index contributed by atoms with van der Waals surface area (Å²) in [6.07, 6.45) is 3.59. The summed E-state index contributed by atoms with van der Waals surface area (Å²) in [6.45, 7) is 5.23. The van der Waals surface area contributed by atoms with Crippen molar-refractivity contribution >= 4 is 6.03 Å². The van der Waals surface area contributed by atoms with Gasteiger partial charge in [0.05, 0.1) is 7.11 Å². The molecule has 6 nitrogen and oxygen atoms in total. The molecular formula is C17H24N4O2. The summed E-state index contributed by atoms with van der Waals surface area (Å²) >= 11 is 0. The molecule has 0 fully saturated rings. The van der Waals surface area contributed by atoms with E-state index >= 15 is 0 Å². The van der Waals surface area contributed by atoms with E-state index in [4.69, 9.17) is 4.74 Å². The number of nitrogens with zero attached hydrogens (tertiary/aromatic N) is 3. The molecule has 1 aromatic heterocycles. The lowest BCUT2D eigenvalue weighted by molar-refractivity contribution is 0.200. The molecule has 124 valence electrons. The van der Waals surface area contributed by atoms with Crippen molar-refractivity contribution in [3.8, 4) is 5.75 Å². The number of ether oxygens (including phenoxy) is 1. The topological polar surface area (TPSA) is 59.4 Å². The van der Waals surface area contributed by atoms with Crippen LogP contribution in [0.3, 0.4) is 0 Å². The molecule has 1 heterocycles. The van der Waals surface area contributed by atoms with Crippen LogP contribution in [-0.4, -0.2) is 40.7 Å². The van der Waals surface area contributed by atoms with E-state index in [1.807, 2.05) is 55.9 Å². The molecule has 1 N–H and O–H groups in total. The largest absolute Gasteiger partial charge is 0.496 e. The number of nitrogens with one attached hydrogen (secondary N) is 1. The fourth-order valence-electron chi connectivity index (χ4n) is 2.57. The lowest BCUT2D eigenvalue weighted by Crippen LogP contribution is -2.42. The Bertz CT molecular complexity index is 650. The van der Waals surface area contributed by atoms with Crippen molar-refractivity contribution in [3.05, 3.63) is 48.0 Å². The molecule has 1 atom stereocenters. The van der Waals surface area contributed by atoms with E-state index in [1.165, 1.54) is 0 Å². The van der Waals surface area contributed by atoms with E-state index in [2.05, 4.69) is 10.3 Å². The number of methoxy groups -OCH3 is 1. The highest BCUT2D eigenvalue weighted by molar-refractivity contribution is 5.75. The number of rotatable bonds is 6. The average molecular weight is 316 g/mol. The number of para-hydroxylation sites is 1. The van der Waals surface area contributed by atoms with Crippen molar-refractivity contribution < 1.29 is 9.53 Å². The highest BCUT2D eigenvalue weighted by Gasteiger charge is 2.25. The quantitative estimate of drug-likeness (QED) is 0.891. The van der Waals surface area contributed by atoms with Gasteiger partial charge in [-0.15, -0.1) is 0 Å². The molecule has 23 heavy (non-hydrogen) atoms.